The summed E-state index contributed by atoms with van der Waals surface area (Å²) in [5.74, 6) is -0.514. The minimum absolute atomic E-state index is 0.0486. The van der Waals surface area contributed by atoms with Crippen LogP contribution in [-0.2, 0) is 0 Å². The van der Waals surface area contributed by atoms with Gasteiger partial charge in [-0.15, -0.1) is 0 Å². The lowest BCUT2D eigenvalue weighted by Gasteiger charge is -2.04. The van der Waals surface area contributed by atoms with E-state index in [-0.39, 0.29) is 5.56 Å². The number of aromatic nitrogens is 1. The van der Waals surface area contributed by atoms with Crippen LogP contribution in [0.2, 0.25) is 0 Å². The van der Waals surface area contributed by atoms with Crippen molar-refractivity contribution in [2.75, 3.05) is 0 Å². The van der Waals surface area contributed by atoms with E-state index < -0.39 is 5.82 Å². The number of nitrogens with zero attached hydrogens (tertiary/aromatic N) is 1. The summed E-state index contributed by atoms with van der Waals surface area (Å²) >= 11 is 0. The maximum Gasteiger partial charge on any atom is 0.153 e. The van der Waals surface area contributed by atoms with Gasteiger partial charge in [0.05, 0.1) is 16.8 Å². The van der Waals surface area contributed by atoms with Gasteiger partial charge < -0.3 is 0 Å². The second-order valence-corrected chi connectivity index (χ2v) is 4.24. The van der Waals surface area contributed by atoms with E-state index in [9.17, 15) is 9.18 Å². The zero-order valence-corrected chi connectivity index (χ0v) is 10.0. The zero-order valence-electron chi connectivity index (χ0n) is 10.0. The highest BCUT2D eigenvalue weighted by Crippen LogP contribution is 2.22. The Morgan fingerprint density at radius 3 is 2.68 bits per heavy atom. The maximum atomic E-state index is 13.3. The number of fused-ring (bicyclic) bond motifs is 1. The summed E-state index contributed by atoms with van der Waals surface area (Å²) in [5, 5.41) is 1.05. The predicted molar refractivity (Wildman–Crippen MR) is 72.5 cm³/mol. The highest BCUT2D eigenvalue weighted by molar-refractivity contribution is 5.83. The van der Waals surface area contributed by atoms with Crippen molar-refractivity contribution in [2.24, 2.45) is 0 Å². The van der Waals surface area contributed by atoms with Crippen LogP contribution in [0.3, 0.4) is 0 Å². The number of hydrogen-bond acceptors (Lipinski definition) is 2. The number of pyridine rings is 1. The highest BCUT2D eigenvalue weighted by Gasteiger charge is 2.06. The monoisotopic (exact) mass is 251 g/mol. The topological polar surface area (TPSA) is 30.0 Å². The van der Waals surface area contributed by atoms with Crippen molar-refractivity contribution in [3.63, 3.8) is 0 Å². The van der Waals surface area contributed by atoms with Gasteiger partial charge in [-0.1, -0.05) is 24.3 Å². The van der Waals surface area contributed by atoms with Crippen molar-refractivity contribution in [1.29, 1.82) is 0 Å². The minimum Gasteiger partial charge on any atom is -0.298 e. The molecule has 0 aliphatic carbocycles. The third-order valence-corrected chi connectivity index (χ3v) is 3.02. The van der Waals surface area contributed by atoms with Crippen LogP contribution < -0.4 is 0 Å². The van der Waals surface area contributed by atoms with Crippen molar-refractivity contribution in [3.8, 4) is 11.3 Å². The molecule has 0 radical (unpaired) electrons. The Morgan fingerprint density at radius 2 is 1.84 bits per heavy atom. The lowest BCUT2D eigenvalue weighted by Crippen LogP contribution is -1.90. The van der Waals surface area contributed by atoms with Crippen molar-refractivity contribution in [1.82, 2.24) is 4.98 Å². The van der Waals surface area contributed by atoms with Crippen LogP contribution in [0.4, 0.5) is 4.39 Å². The molecule has 19 heavy (non-hydrogen) atoms. The average Bonchev–Trinajstić information content (AvgIpc) is 2.47. The second-order valence-electron chi connectivity index (χ2n) is 4.24. The molecule has 0 unspecified atom stereocenters. The fourth-order valence-electron chi connectivity index (χ4n) is 2.02. The van der Waals surface area contributed by atoms with Crippen LogP contribution in [0.25, 0.3) is 22.2 Å². The fraction of sp³-hybridized carbons (Fsp3) is 0. The Morgan fingerprint density at radius 1 is 1.00 bits per heavy atom. The van der Waals surface area contributed by atoms with Crippen LogP contribution in [0, 0.1) is 5.82 Å². The van der Waals surface area contributed by atoms with E-state index in [0.29, 0.717) is 6.29 Å². The standard InChI is InChI=1S/C16H10FNO/c17-14-7-5-12(9-13(14)10-19)16-8-6-11-3-1-2-4-15(11)18-16/h1-10H. The third-order valence-electron chi connectivity index (χ3n) is 3.02. The number of carbonyl (C=O) groups excluding carboxylic acids is 1. The van der Waals surface area contributed by atoms with Gasteiger partial charge in [0.15, 0.2) is 6.29 Å². The molecule has 3 aromatic rings. The SMILES string of the molecule is O=Cc1cc(-c2ccc3ccccc3n2)ccc1F. The molecular weight excluding hydrogens is 241 g/mol. The molecule has 1 aromatic heterocycles. The third kappa shape index (κ3) is 2.10. The number of hydrogen-bond donors (Lipinski definition) is 0. The molecule has 0 saturated carbocycles. The molecule has 0 atom stereocenters. The molecular formula is C16H10FNO. The van der Waals surface area contributed by atoms with Gasteiger partial charge in [0.1, 0.15) is 5.82 Å². The molecule has 2 nitrogen and oxygen atoms in total. The summed E-state index contributed by atoms with van der Waals surface area (Å²) in [4.78, 5) is 15.3. The number of carbonyl (C=O) groups is 1. The fourth-order valence-corrected chi connectivity index (χ4v) is 2.02. The summed E-state index contributed by atoms with van der Waals surface area (Å²) in [6.45, 7) is 0. The summed E-state index contributed by atoms with van der Waals surface area (Å²) in [5.41, 5.74) is 2.38. The van der Waals surface area contributed by atoms with Crippen molar-refractivity contribution in [3.05, 3.63) is 66.0 Å². The van der Waals surface area contributed by atoms with Crippen molar-refractivity contribution in [2.45, 2.75) is 0 Å². The normalized spacial score (nSPS) is 10.6. The minimum atomic E-state index is -0.514. The quantitative estimate of drug-likeness (QED) is 0.647. The molecule has 0 spiro atoms. The first-order valence-corrected chi connectivity index (χ1v) is 5.89. The van der Waals surface area contributed by atoms with E-state index in [2.05, 4.69) is 4.98 Å². The highest BCUT2D eigenvalue weighted by atomic mass is 19.1. The maximum absolute atomic E-state index is 13.3. The van der Waals surface area contributed by atoms with Gasteiger partial charge in [0.25, 0.3) is 0 Å². The Labute approximate surface area is 109 Å². The van der Waals surface area contributed by atoms with Crippen LogP contribution in [0.5, 0.6) is 0 Å². The van der Waals surface area contributed by atoms with Crippen LogP contribution in [-0.4, -0.2) is 11.3 Å². The molecule has 92 valence electrons. The Balaban J connectivity index is 2.16. The van der Waals surface area contributed by atoms with Gasteiger partial charge >= 0.3 is 0 Å². The Kier molecular flexibility index (Phi) is 2.80. The van der Waals surface area contributed by atoms with Gasteiger partial charge in [-0.2, -0.15) is 0 Å². The van der Waals surface area contributed by atoms with E-state index in [4.69, 9.17) is 0 Å². The van der Waals surface area contributed by atoms with Gasteiger partial charge in [-0.3, -0.25) is 4.79 Å². The zero-order chi connectivity index (χ0) is 13.2. The Hall–Kier alpha value is -2.55. The molecule has 0 bridgehead atoms. The molecule has 0 N–H and O–H groups in total. The molecule has 0 fully saturated rings. The summed E-state index contributed by atoms with van der Waals surface area (Å²) < 4.78 is 13.3. The molecule has 1 heterocycles. The smallest absolute Gasteiger partial charge is 0.153 e. The molecule has 0 saturated heterocycles. The molecule has 0 aliphatic rings. The molecule has 2 aromatic carbocycles. The summed E-state index contributed by atoms with van der Waals surface area (Å²) in [7, 11) is 0. The largest absolute Gasteiger partial charge is 0.298 e. The van der Waals surface area contributed by atoms with E-state index in [1.807, 2.05) is 36.4 Å². The number of para-hydroxylation sites is 1. The van der Waals surface area contributed by atoms with Gasteiger partial charge in [-0.25, -0.2) is 9.37 Å². The first-order valence-electron chi connectivity index (χ1n) is 5.89. The van der Waals surface area contributed by atoms with Gasteiger partial charge in [0, 0.05) is 10.9 Å². The van der Waals surface area contributed by atoms with Crippen molar-refractivity contribution < 1.29 is 9.18 Å². The van der Waals surface area contributed by atoms with E-state index in [0.717, 1.165) is 22.2 Å². The van der Waals surface area contributed by atoms with E-state index >= 15 is 0 Å². The molecule has 3 heteroatoms. The van der Waals surface area contributed by atoms with Crippen LogP contribution in [0.15, 0.2) is 54.6 Å². The lowest BCUT2D eigenvalue weighted by molar-refractivity contribution is 0.112. The predicted octanol–water partition coefficient (Wildman–Crippen LogP) is 3.85. The summed E-state index contributed by atoms with van der Waals surface area (Å²) in [6, 6.07) is 16.0. The molecule has 3 rings (SSSR count). The number of aldehydes is 1. The lowest BCUT2D eigenvalue weighted by atomic mass is 10.1. The van der Waals surface area contributed by atoms with E-state index in [1.165, 1.54) is 12.1 Å². The van der Waals surface area contributed by atoms with Gasteiger partial charge in [-0.05, 0) is 30.3 Å². The molecule has 0 aliphatic heterocycles. The Bertz CT molecular complexity index is 768. The van der Waals surface area contributed by atoms with E-state index in [1.54, 1.807) is 6.07 Å². The number of benzene rings is 2. The molecule has 0 amide bonds. The van der Waals surface area contributed by atoms with Crippen LogP contribution >= 0.6 is 0 Å². The number of rotatable bonds is 2. The second kappa shape index (κ2) is 4.61. The summed E-state index contributed by atoms with van der Waals surface area (Å²) in [6.07, 6.45) is 0.514. The van der Waals surface area contributed by atoms with Crippen molar-refractivity contribution >= 4 is 17.2 Å². The number of halogens is 1. The first-order chi connectivity index (χ1) is 9.28. The average molecular weight is 251 g/mol. The van der Waals surface area contributed by atoms with Gasteiger partial charge in [0.2, 0.25) is 0 Å². The van der Waals surface area contributed by atoms with Crippen LogP contribution in [0.1, 0.15) is 10.4 Å². The first kappa shape index (κ1) is 11.5.